The van der Waals surface area contributed by atoms with Crippen LogP contribution in [0.25, 0.3) is 0 Å². The topological polar surface area (TPSA) is 38.5 Å². The molecule has 1 aromatic rings. The number of piperazine rings is 1. The Labute approximate surface area is 134 Å². The summed E-state index contributed by atoms with van der Waals surface area (Å²) in [5, 5.41) is 6.67. The Balaban J connectivity index is 2.11. The summed E-state index contributed by atoms with van der Waals surface area (Å²) in [4.78, 5) is 1.56. The van der Waals surface area contributed by atoms with Gasteiger partial charge in [-0.05, 0) is 40.5 Å². The summed E-state index contributed by atoms with van der Waals surface area (Å²) in [5.41, 5.74) is 0.994. The third-order valence-corrected chi connectivity index (χ3v) is 4.09. The molecular formula is C15H23BrN3O2+. The zero-order chi connectivity index (χ0) is 15.2. The molecule has 0 spiro atoms. The minimum atomic E-state index is 0.603. The van der Waals surface area contributed by atoms with Gasteiger partial charge >= 0.3 is 0 Å². The predicted molar refractivity (Wildman–Crippen MR) is 87.7 cm³/mol. The number of nitrogens with one attached hydrogen (secondary N) is 1. The fourth-order valence-electron chi connectivity index (χ4n) is 2.24. The van der Waals surface area contributed by atoms with Crippen molar-refractivity contribution in [2.45, 2.75) is 6.92 Å². The van der Waals surface area contributed by atoms with E-state index in [1.54, 1.807) is 12.0 Å². The van der Waals surface area contributed by atoms with Crippen LogP contribution in [0, 0.1) is 0 Å². The maximum atomic E-state index is 5.59. The number of hydrogen-bond donors (Lipinski definition) is 1. The lowest BCUT2D eigenvalue weighted by atomic mass is 10.2. The maximum Gasteiger partial charge on any atom is 0.175 e. The first-order valence-electron chi connectivity index (χ1n) is 7.24. The van der Waals surface area contributed by atoms with Gasteiger partial charge in [-0.2, -0.15) is 5.10 Å². The van der Waals surface area contributed by atoms with Gasteiger partial charge in [0, 0.05) is 0 Å². The van der Waals surface area contributed by atoms with E-state index in [0.29, 0.717) is 6.61 Å². The average molecular weight is 357 g/mol. The van der Waals surface area contributed by atoms with Gasteiger partial charge in [0.15, 0.2) is 11.5 Å². The van der Waals surface area contributed by atoms with E-state index in [9.17, 15) is 0 Å². The van der Waals surface area contributed by atoms with E-state index < -0.39 is 0 Å². The molecule has 6 heteroatoms. The first-order valence-corrected chi connectivity index (χ1v) is 8.04. The molecule has 1 heterocycles. The third-order valence-electron chi connectivity index (χ3n) is 3.50. The van der Waals surface area contributed by atoms with Crippen molar-refractivity contribution >= 4 is 22.1 Å². The number of ether oxygens (including phenoxy) is 2. The lowest BCUT2D eigenvalue weighted by Crippen LogP contribution is -3.11. The van der Waals surface area contributed by atoms with Gasteiger partial charge in [-0.3, -0.25) is 5.01 Å². The Morgan fingerprint density at radius 3 is 2.71 bits per heavy atom. The van der Waals surface area contributed by atoms with E-state index >= 15 is 0 Å². The molecular weight excluding hydrogens is 334 g/mol. The average Bonchev–Trinajstić information content (AvgIpc) is 2.49. The van der Waals surface area contributed by atoms with Crippen molar-refractivity contribution in [3.8, 4) is 11.5 Å². The standard InChI is InChI=1S/C15H22BrN3O2/c1-4-21-15-13(16)9-12(10-14(15)20-3)11-17-19-7-5-18(2)6-8-19/h9-11H,4-8H2,1-3H3/p+1/b17-11-. The van der Waals surface area contributed by atoms with Crippen LogP contribution < -0.4 is 14.4 Å². The Hall–Kier alpha value is -1.27. The molecule has 21 heavy (non-hydrogen) atoms. The zero-order valence-electron chi connectivity index (χ0n) is 12.9. The van der Waals surface area contributed by atoms with Crippen molar-refractivity contribution in [2.75, 3.05) is 46.9 Å². The summed E-state index contributed by atoms with van der Waals surface area (Å²) in [6.07, 6.45) is 1.88. The molecule has 116 valence electrons. The fraction of sp³-hybridized carbons (Fsp3) is 0.533. The number of benzene rings is 1. The molecule has 0 unspecified atom stereocenters. The number of hydrogen-bond acceptors (Lipinski definition) is 4. The highest BCUT2D eigenvalue weighted by Gasteiger charge is 2.14. The second-order valence-electron chi connectivity index (χ2n) is 5.12. The number of halogens is 1. The van der Waals surface area contributed by atoms with Gasteiger partial charge in [0.2, 0.25) is 0 Å². The molecule has 2 rings (SSSR count). The summed E-state index contributed by atoms with van der Waals surface area (Å²) >= 11 is 3.53. The summed E-state index contributed by atoms with van der Waals surface area (Å²) in [6, 6.07) is 3.94. The van der Waals surface area contributed by atoms with Crippen molar-refractivity contribution in [2.24, 2.45) is 5.10 Å². The van der Waals surface area contributed by atoms with Crippen molar-refractivity contribution in [3.63, 3.8) is 0 Å². The molecule has 0 amide bonds. The summed E-state index contributed by atoms with van der Waals surface area (Å²) in [7, 11) is 3.87. The second-order valence-corrected chi connectivity index (χ2v) is 5.98. The summed E-state index contributed by atoms with van der Waals surface area (Å²) < 4.78 is 11.9. The van der Waals surface area contributed by atoms with Crippen molar-refractivity contribution in [1.82, 2.24) is 5.01 Å². The minimum Gasteiger partial charge on any atom is -0.493 e. The van der Waals surface area contributed by atoms with Crippen molar-refractivity contribution in [3.05, 3.63) is 22.2 Å². The smallest absolute Gasteiger partial charge is 0.175 e. The number of hydrazone groups is 1. The quantitative estimate of drug-likeness (QED) is 0.800. The first kappa shape index (κ1) is 16.1. The lowest BCUT2D eigenvalue weighted by molar-refractivity contribution is -0.884. The molecule has 0 atom stereocenters. The highest BCUT2D eigenvalue weighted by atomic mass is 79.9. The minimum absolute atomic E-state index is 0.603. The molecule has 1 fully saturated rings. The number of quaternary nitrogens is 1. The fourth-order valence-corrected chi connectivity index (χ4v) is 2.81. The van der Waals surface area contributed by atoms with Crippen LogP contribution in [0.3, 0.4) is 0 Å². The molecule has 1 aromatic carbocycles. The zero-order valence-corrected chi connectivity index (χ0v) is 14.4. The summed E-state index contributed by atoms with van der Waals surface area (Å²) in [6.45, 7) is 6.82. The normalized spacial score (nSPS) is 16.5. The van der Waals surface area contributed by atoms with Crippen LogP contribution in [0.5, 0.6) is 11.5 Å². The van der Waals surface area contributed by atoms with Gasteiger partial charge in [0.1, 0.15) is 0 Å². The van der Waals surface area contributed by atoms with Crippen molar-refractivity contribution in [1.29, 1.82) is 0 Å². The van der Waals surface area contributed by atoms with E-state index in [2.05, 4.69) is 33.1 Å². The molecule has 1 N–H and O–H groups in total. The number of rotatable bonds is 5. The van der Waals surface area contributed by atoms with Crippen LogP contribution in [-0.2, 0) is 0 Å². The van der Waals surface area contributed by atoms with E-state index in [1.807, 2.05) is 25.3 Å². The lowest BCUT2D eigenvalue weighted by Gasteiger charge is -2.27. The van der Waals surface area contributed by atoms with Gasteiger partial charge in [0.25, 0.3) is 0 Å². The molecule has 5 nitrogen and oxygen atoms in total. The number of likely N-dealkylation sites (N-methyl/N-ethyl adjacent to an activating group) is 1. The van der Waals surface area contributed by atoms with Gasteiger partial charge in [0.05, 0.1) is 57.6 Å². The van der Waals surface area contributed by atoms with Gasteiger partial charge in [-0.1, -0.05) is 0 Å². The van der Waals surface area contributed by atoms with E-state index in [0.717, 1.165) is 47.7 Å². The SMILES string of the molecule is CCOc1c(Br)cc(/C=N\N2CC[NH+](C)CC2)cc1OC. The van der Waals surface area contributed by atoms with Gasteiger partial charge in [-0.15, -0.1) is 0 Å². The Morgan fingerprint density at radius 1 is 1.38 bits per heavy atom. The molecule has 1 aliphatic heterocycles. The van der Waals surface area contributed by atoms with Gasteiger partial charge in [-0.25, -0.2) is 0 Å². The molecule has 1 aliphatic rings. The largest absolute Gasteiger partial charge is 0.493 e. The maximum absolute atomic E-state index is 5.59. The molecule has 0 radical (unpaired) electrons. The molecule has 0 aliphatic carbocycles. The molecule has 0 saturated carbocycles. The van der Waals surface area contributed by atoms with Crippen LogP contribution in [0.15, 0.2) is 21.7 Å². The van der Waals surface area contributed by atoms with E-state index in [4.69, 9.17) is 9.47 Å². The highest BCUT2D eigenvalue weighted by molar-refractivity contribution is 9.10. The Morgan fingerprint density at radius 2 is 2.10 bits per heavy atom. The van der Waals surface area contributed by atoms with Crippen LogP contribution in [0.4, 0.5) is 0 Å². The third kappa shape index (κ3) is 4.35. The van der Waals surface area contributed by atoms with Crippen LogP contribution in [0.2, 0.25) is 0 Å². The van der Waals surface area contributed by atoms with Crippen molar-refractivity contribution < 1.29 is 14.4 Å². The number of methoxy groups -OCH3 is 1. The van der Waals surface area contributed by atoms with E-state index in [1.165, 1.54) is 0 Å². The van der Waals surface area contributed by atoms with Crippen LogP contribution in [0.1, 0.15) is 12.5 Å². The molecule has 0 aromatic heterocycles. The van der Waals surface area contributed by atoms with Gasteiger partial charge < -0.3 is 14.4 Å². The van der Waals surface area contributed by atoms with Crippen LogP contribution >= 0.6 is 15.9 Å². The Kier molecular flexibility index (Phi) is 5.87. The van der Waals surface area contributed by atoms with E-state index in [-0.39, 0.29) is 0 Å². The molecule has 1 saturated heterocycles. The predicted octanol–water partition coefficient (Wildman–Crippen LogP) is 1.02. The highest BCUT2D eigenvalue weighted by Crippen LogP contribution is 2.36. The Bertz CT molecular complexity index is 500. The monoisotopic (exact) mass is 356 g/mol. The second kappa shape index (κ2) is 7.66. The molecule has 0 bridgehead atoms. The van der Waals surface area contributed by atoms with Crippen LogP contribution in [-0.4, -0.2) is 58.2 Å². The summed E-state index contributed by atoms with van der Waals surface area (Å²) in [5.74, 6) is 1.45. The number of nitrogens with zero attached hydrogens (tertiary/aromatic N) is 2. The first-order chi connectivity index (χ1) is 10.1.